The zero-order chi connectivity index (χ0) is 15.8. The van der Waals surface area contributed by atoms with Crippen LogP contribution in [0.5, 0.6) is 5.75 Å². The number of hydrogen-bond donors (Lipinski definition) is 1. The molecular formula is C16H24BrNO3. The van der Waals surface area contributed by atoms with E-state index in [0.29, 0.717) is 26.0 Å². The predicted molar refractivity (Wildman–Crippen MR) is 87.6 cm³/mol. The molecule has 0 saturated heterocycles. The van der Waals surface area contributed by atoms with Crippen LogP contribution in [0.3, 0.4) is 0 Å². The summed E-state index contributed by atoms with van der Waals surface area (Å²) in [4.78, 5) is 12.0. The van der Waals surface area contributed by atoms with Crippen molar-refractivity contribution in [3.8, 4) is 5.75 Å². The Kier molecular flexibility index (Phi) is 7.75. The standard InChI is InChI=1S/C16H24BrNO3/c1-4-6-14(16(19)20-5-2)21-15-11(3)9-13(17)10-12(15)7-8-18/h9-10,14H,4-8,18H2,1-3H3. The highest BCUT2D eigenvalue weighted by Crippen LogP contribution is 2.30. The van der Waals surface area contributed by atoms with Gasteiger partial charge in [0.15, 0.2) is 6.10 Å². The van der Waals surface area contributed by atoms with Crippen LogP contribution in [0.4, 0.5) is 0 Å². The van der Waals surface area contributed by atoms with Crippen molar-refractivity contribution < 1.29 is 14.3 Å². The lowest BCUT2D eigenvalue weighted by Crippen LogP contribution is -2.30. The molecule has 2 N–H and O–H groups in total. The van der Waals surface area contributed by atoms with E-state index in [4.69, 9.17) is 15.2 Å². The fraction of sp³-hybridized carbons (Fsp3) is 0.562. The molecule has 0 aliphatic rings. The topological polar surface area (TPSA) is 61.5 Å². The molecule has 0 spiro atoms. The summed E-state index contributed by atoms with van der Waals surface area (Å²) in [5, 5.41) is 0. The second-order valence-corrected chi connectivity index (χ2v) is 5.81. The van der Waals surface area contributed by atoms with E-state index < -0.39 is 6.10 Å². The Morgan fingerprint density at radius 1 is 1.38 bits per heavy atom. The largest absolute Gasteiger partial charge is 0.478 e. The van der Waals surface area contributed by atoms with Crippen molar-refractivity contribution in [1.29, 1.82) is 0 Å². The molecule has 0 amide bonds. The molecule has 1 atom stereocenters. The van der Waals surface area contributed by atoms with Gasteiger partial charge in [-0.05, 0) is 56.5 Å². The number of benzene rings is 1. The van der Waals surface area contributed by atoms with E-state index in [9.17, 15) is 4.79 Å². The van der Waals surface area contributed by atoms with Crippen LogP contribution in [0.25, 0.3) is 0 Å². The Bertz CT molecular complexity index is 477. The summed E-state index contributed by atoms with van der Waals surface area (Å²) in [6.07, 6.45) is 1.63. The van der Waals surface area contributed by atoms with Gasteiger partial charge in [0.1, 0.15) is 5.75 Å². The molecule has 0 bridgehead atoms. The summed E-state index contributed by atoms with van der Waals surface area (Å²) >= 11 is 3.48. The normalized spacial score (nSPS) is 12.0. The average molecular weight is 358 g/mol. The minimum absolute atomic E-state index is 0.305. The molecule has 0 aliphatic heterocycles. The fourth-order valence-corrected chi connectivity index (χ4v) is 2.79. The number of esters is 1. The Labute approximate surface area is 135 Å². The monoisotopic (exact) mass is 357 g/mol. The molecule has 1 rings (SSSR count). The molecule has 1 unspecified atom stereocenters. The highest BCUT2D eigenvalue weighted by molar-refractivity contribution is 9.10. The van der Waals surface area contributed by atoms with Gasteiger partial charge in [-0.15, -0.1) is 0 Å². The van der Waals surface area contributed by atoms with Gasteiger partial charge < -0.3 is 15.2 Å². The van der Waals surface area contributed by atoms with Gasteiger partial charge in [0.05, 0.1) is 6.61 Å². The van der Waals surface area contributed by atoms with Crippen LogP contribution in [0.15, 0.2) is 16.6 Å². The van der Waals surface area contributed by atoms with Crippen molar-refractivity contribution in [3.05, 3.63) is 27.7 Å². The molecule has 4 nitrogen and oxygen atoms in total. The summed E-state index contributed by atoms with van der Waals surface area (Å²) in [5.41, 5.74) is 7.66. The van der Waals surface area contributed by atoms with Gasteiger partial charge in [0, 0.05) is 4.47 Å². The maximum absolute atomic E-state index is 12.0. The molecule has 1 aromatic rings. The minimum atomic E-state index is -0.564. The number of hydrogen-bond acceptors (Lipinski definition) is 4. The highest BCUT2D eigenvalue weighted by atomic mass is 79.9. The van der Waals surface area contributed by atoms with E-state index in [0.717, 1.165) is 27.8 Å². The third kappa shape index (κ3) is 5.32. The van der Waals surface area contributed by atoms with Crippen LogP contribution in [-0.2, 0) is 16.0 Å². The molecule has 0 saturated carbocycles. The number of nitrogens with two attached hydrogens (primary N) is 1. The van der Waals surface area contributed by atoms with Crippen molar-refractivity contribution in [3.63, 3.8) is 0 Å². The number of rotatable bonds is 8. The van der Waals surface area contributed by atoms with Gasteiger partial charge in [0.25, 0.3) is 0 Å². The van der Waals surface area contributed by atoms with Gasteiger partial charge in [-0.2, -0.15) is 0 Å². The van der Waals surface area contributed by atoms with Gasteiger partial charge in [0.2, 0.25) is 0 Å². The predicted octanol–water partition coefficient (Wildman–Crippen LogP) is 3.37. The van der Waals surface area contributed by atoms with Crippen molar-refractivity contribution >= 4 is 21.9 Å². The third-order valence-electron chi connectivity index (χ3n) is 3.09. The van der Waals surface area contributed by atoms with Gasteiger partial charge in [-0.25, -0.2) is 4.79 Å². The van der Waals surface area contributed by atoms with Gasteiger partial charge in [-0.1, -0.05) is 29.3 Å². The summed E-state index contributed by atoms with van der Waals surface area (Å²) in [6, 6.07) is 3.97. The van der Waals surface area contributed by atoms with E-state index in [1.807, 2.05) is 26.0 Å². The Morgan fingerprint density at radius 3 is 2.67 bits per heavy atom. The lowest BCUT2D eigenvalue weighted by molar-refractivity contribution is -0.151. The lowest BCUT2D eigenvalue weighted by atomic mass is 10.1. The summed E-state index contributed by atoms with van der Waals surface area (Å²) in [5.74, 6) is 0.440. The number of carbonyl (C=O) groups is 1. The summed E-state index contributed by atoms with van der Waals surface area (Å²) < 4.78 is 12.1. The van der Waals surface area contributed by atoms with Crippen LogP contribution in [0.1, 0.15) is 37.8 Å². The first kappa shape index (κ1) is 18.0. The van der Waals surface area contributed by atoms with E-state index in [-0.39, 0.29) is 5.97 Å². The highest BCUT2D eigenvalue weighted by Gasteiger charge is 2.23. The van der Waals surface area contributed by atoms with Crippen molar-refractivity contribution in [2.75, 3.05) is 13.2 Å². The first-order valence-corrected chi connectivity index (χ1v) is 8.15. The lowest BCUT2D eigenvalue weighted by Gasteiger charge is -2.21. The smallest absolute Gasteiger partial charge is 0.347 e. The quantitative estimate of drug-likeness (QED) is 0.724. The number of ether oxygens (including phenoxy) is 2. The summed E-state index contributed by atoms with van der Waals surface area (Å²) in [6.45, 7) is 6.67. The molecule has 0 fully saturated rings. The Balaban J connectivity index is 3.04. The SMILES string of the molecule is CCCC(Oc1c(C)cc(Br)cc1CCN)C(=O)OCC. The van der Waals surface area contributed by atoms with Crippen molar-refractivity contribution in [2.24, 2.45) is 5.73 Å². The van der Waals surface area contributed by atoms with E-state index in [2.05, 4.69) is 15.9 Å². The van der Waals surface area contributed by atoms with Crippen LogP contribution in [0.2, 0.25) is 0 Å². The number of carbonyl (C=O) groups excluding carboxylic acids is 1. The van der Waals surface area contributed by atoms with E-state index in [1.165, 1.54) is 0 Å². The minimum Gasteiger partial charge on any atom is -0.478 e. The molecule has 0 radical (unpaired) electrons. The van der Waals surface area contributed by atoms with E-state index >= 15 is 0 Å². The van der Waals surface area contributed by atoms with E-state index in [1.54, 1.807) is 6.92 Å². The third-order valence-corrected chi connectivity index (χ3v) is 3.55. The average Bonchev–Trinajstić information content (AvgIpc) is 2.42. The molecular weight excluding hydrogens is 334 g/mol. The van der Waals surface area contributed by atoms with Gasteiger partial charge >= 0.3 is 5.97 Å². The molecule has 1 aromatic carbocycles. The van der Waals surface area contributed by atoms with Crippen LogP contribution < -0.4 is 10.5 Å². The first-order chi connectivity index (χ1) is 10.0. The van der Waals surface area contributed by atoms with Gasteiger partial charge in [-0.3, -0.25) is 0 Å². The number of aryl methyl sites for hydroxylation is 1. The van der Waals surface area contributed by atoms with Crippen LogP contribution in [-0.4, -0.2) is 25.2 Å². The van der Waals surface area contributed by atoms with Crippen LogP contribution >= 0.6 is 15.9 Å². The molecule has 0 aromatic heterocycles. The zero-order valence-electron chi connectivity index (χ0n) is 12.9. The Hall–Kier alpha value is -1.07. The number of halogens is 1. The maximum atomic E-state index is 12.0. The molecule has 118 valence electrons. The molecule has 5 heteroatoms. The first-order valence-electron chi connectivity index (χ1n) is 7.35. The summed E-state index contributed by atoms with van der Waals surface area (Å²) in [7, 11) is 0. The van der Waals surface area contributed by atoms with Crippen molar-refractivity contribution in [1.82, 2.24) is 0 Å². The second kappa shape index (κ2) is 9.05. The van der Waals surface area contributed by atoms with Crippen LogP contribution in [0, 0.1) is 6.92 Å². The second-order valence-electron chi connectivity index (χ2n) is 4.90. The molecule has 21 heavy (non-hydrogen) atoms. The zero-order valence-corrected chi connectivity index (χ0v) is 14.5. The molecule has 0 heterocycles. The van der Waals surface area contributed by atoms with Crippen molar-refractivity contribution in [2.45, 2.75) is 46.1 Å². The maximum Gasteiger partial charge on any atom is 0.347 e. The Morgan fingerprint density at radius 2 is 2.10 bits per heavy atom. The molecule has 0 aliphatic carbocycles. The fourth-order valence-electron chi connectivity index (χ4n) is 2.17.